The molecule has 0 saturated carbocycles. The third kappa shape index (κ3) is 3.54. The molecule has 130 valence electrons. The fraction of sp³-hybridized carbons (Fsp3) is 0.300. The topological polar surface area (TPSA) is 46.9 Å². The van der Waals surface area contributed by atoms with Gasteiger partial charge in [0.25, 0.3) is 0 Å². The van der Waals surface area contributed by atoms with Crippen LogP contribution in [0.3, 0.4) is 0 Å². The largest absolute Gasteiger partial charge is 0.354 e. The second-order valence-corrected chi connectivity index (χ2v) is 6.47. The maximum Gasteiger partial charge on any atom is 0.244 e. The zero-order valence-corrected chi connectivity index (χ0v) is 15.3. The minimum absolute atomic E-state index is 0.00307. The molecule has 25 heavy (non-hydrogen) atoms. The normalized spacial score (nSPS) is 12.3. The molecule has 1 N–H and O–H groups in total. The third-order valence-electron chi connectivity index (χ3n) is 4.25. The van der Waals surface area contributed by atoms with Crippen LogP contribution in [-0.4, -0.2) is 22.2 Å². The first-order valence-corrected chi connectivity index (χ1v) is 9.04. The Labute approximate surface area is 152 Å². The number of aromatic nitrogens is 2. The van der Waals surface area contributed by atoms with Crippen molar-refractivity contribution < 1.29 is 4.79 Å². The molecule has 3 rings (SSSR count). The Balaban J connectivity index is 2.14. The molecule has 4 nitrogen and oxygen atoms in total. The van der Waals surface area contributed by atoms with Crippen molar-refractivity contribution in [1.82, 2.24) is 15.1 Å². The van der Waals surface area contributed by atoms with Crippen LogP contribution in [0.4, 0.5) is 0 Å². The van der Waals surface area contributed by atoms with Crippen LogP contribution >= 0.6 is 11.6 Å². The lowest BCUT2D eigenvalue weighted by Gasteiger charge is -2.16. The predicted molar refractivity (Wildman–Crippen MR) is 103 cm³/mol. The Bertz CT molecular complexity index is 873. The van der Waals surface area contributed by atoms with Crippen molar-refractivity contribution in [3.8, 4) is 11.3 Å². The summed E-state index contributed by atoms with van der Waals surface area (Å²) in [5.41, 5.74) is 2.78. The van der Waals surface area contributed by atoms with Gasteiger partial charge in [0.1, 0.15) is 11.7 Å². The van der Waals surface area contributed by atoms with Crippen molar-refractivity contribution in [3.63, 3.8) is 0 Å². The highest BCUT2D eigenvalue weighted by atomic mass is 35.5. The first-order valence-electron chi connectivity index (χ1n) is 8.66. The lowest BCUT2D eigenvalue weighted by atomic mass is 10.1. The Hall–Kier alpha value is -2.33. The van der Waals surface area contributed by atoms with Crippen LogP contribution in [0.15, 0.2) is 48.5 Å². The molecule has 0 spiro atoms. The highest BCUT2D eigenvalue weighted by Gasteiger charge is 2.23. The molecular formula is C20H22ClN3O. The van der Waals surface area contributed by atoms with Gasteiger partial charge in [0.05, 0.1) is 5.52 Å². The summed E-state index contributed by atoms with van der Waals surface area (Å²) >= 11 is 6.22. The summed E-state index contributed by atoms with van der Waals surface area (Å²) in [6.07, 6.45) is 1.58. The lowest BCUT2D eigenvalue weighted by molar-refractivity contribution is -0.124. The number of fused-ring (bicyclic) bond motifs is 1. The van der Waals surface area contributed by atoms with E-state index in [9.17, 15) is 4.79 Å². The zero-order valence-electron chi connectivity index (χ0n) is 14.5. The minimum Gasteiger partial charge on any atom is -0.354 e. The smallest absolute Gasteiger partial charge is 0.244 e. The molecule has 1 heterocycles. The van der Waals surface area contributed by atoms with Gasteiger partial charge in [-0.15, -0.1) is 0 Å². The summed E-state index contributed by atoms with van der Waals surface area (Å²) in [6, 6.07) is 15.3. The van der Waals surface area contributed by atoms with Gasteiger partial charge in [0.15, 0.2) is 0 Å². The molecule has 3 aromatic rings. The van der Waals surface area contributed by atoms with Crippen LogP contribution in [0, 0.1) is 0 Å². The van der Waals surface area contributed by atoms with Crippen molar-refractivity contribution >= 4 is 28.4 Å². The molecule has 0 saturated heterocycles. The molecule has 1 aromatic heterocycles. The van der Waals surface area contributed by atoms with Crippen LogP contribution in [0.25, 0.3) is 22.2 Å². The van der Waals surface area contributed by atoms with Gasteiger partial charge < -0.3 is 5.32 Å². The Morgan fingerprint density at radius 3 is 2.64 bits per heavy atom. The Morgan fingerprint density at radius 1 is 1.20 bits per heavy atom. The molecule has 0 aliphatic carbocycles. The van der Waals surface area contributed by atoms with Crippen molar-refractivity contribution in [2.24, 2.45) is 0 Å². The summed E-state index contributed by atoms with van der Waals surface area (Å²) in [6.45, 7) is 4.72. The number of carbonyl (C=O) groups is 1. The number of hydrogen-bond acceptors (Lipinski definition) is 2. The fourth-order valence-electron chi connectivity index (χ4n) is 3.00. The number of carbonyl (C=O) groups excluding carboxylic acids is 1. The monoisotopic (exact) mass is 355 g/mol. The number of benzene rings is 2. The molecule has 0 radical (unpaired) electrons. The Morgan fingerprint density at radius 2 is 1.96 bits per heavy atom. The zero-order chi connectivity index (χ0) is 17.8. The predicted octanol–water partition coefficient (Wildman–Crippen LogP) is 4.83. The van der Waals surface area contributed by atoms with Gasteiger partial charge in [-0.2, -0.15) is 5.10 Å². The van der Waals surface area contributed by atoms with E-state index in [1.54, 1.807) is 0 Å². The van der Waals surface area contributed by atoms with E-state index in [-0.39, 0.29) is 11.9 Å². The molecule has 1 unspecified atom stereocenters. The molecular weight excluding hydrogens is 334 g/mol. The molecule has 0 bridgehead atoms. The number of nitrogens with zero attached hydrogens (tertiary/aromatic N) is 2. The van der Waals surface area contributed by atoms with Crippen molar-refractivity contribution in [1.29, 1.82) is 0 Å². The van der Waals surface area contributed by atoms with E-state index in [1.807, 2.05) is 67.1 Å². The SMILES string of the molecule is CCCNC(=O)C(CC)n1nc(-c2ccccc2)c2cc(Cl)ccc21. The average molecular weight is 356 g/mol. The summed E-state index contributed by atoms with van der Waals surface area (Å²) in [5, 5.41) is 9.40. The van der Waals surface area contributed by atoms with E-state index in [4.69, 9.17) is 16.7 Å². The third-order valence-corrected chi connectivity index (χ3v) is 4.48. The average Bonchev–Trinajstić information content (AvgIpc) is 3.00. The van der Waals surface area contributed by atoms with Crippen molar-refractivity contribution in [2.45, 2.75) is 32.7 Å². The fourth-order valence-corrected chi connectivity index (χ4v) is 3.17. The minimum atomic E-state index is -0.340. The first-order chi connectivity index (χ1) is 12.2. The lowest BCUT2D eigenvalue weighted by Crippen LogP contribution is -2.33. The highest BCUT2D eigenvalue weighted by Crippen LogP contribution is 2.32. The van der Waals surface area contributed by atoms with E-state index in [2.05, 4.69) is 5.32 Å². The second-order valence-electron chi connectivity index (χ2n) is 6.04. The van der Waals surface area contributed by atoms with Crippen LogP contribution < -0.4 is 5.32 Å². The van der Waals surface area contributed by atoms with Crippen LogP contribution in [0.5, 0.6) is 0 Å². The molecule has 2 aromatic carbocycles. The van der Waals surface area contributed by atoms with Crippen molar-refractivity contribution in [2.75, 3.05) is 6.54 Å². The summed E-state index contributed by atoms with van der Waals surface area (Å²) in [7, 11) is 0. The molecule has 1 amide bonds. The van der Waals surface area contributed by atoms with Gasteiger partial charge in [-0.1, -0.05) is 55.8 Å². The van der Waals surface area contributed by atoms with Gasteiger partial charge in [0, 0.05) is 22.5 Å². The van der Waals surface area contributed by atoms with Gasteiger partial charge in [-0.25, -0.2) is 0 Å². The van der Waals surface area contributed by atoms with E-state index in [0.29, 0.717) is 18.0 Å². The van der Waals surface area contributed by atoms with E-state index >= 15 is 0 Å². The quantitative estimate of drug-likeness (QED) is 0.688. The molecule has 5 heteroatoms. The number of amides is 1. The summed E-state index contributed by atoms with van der Waals surface area (Å²) < 4.78 is 1.83. The Kier molecular flexibility index (Phi) is 5.39. The van der Waals surface area contributed by atoms with Gasteiger partial charge in [-0.3, -0.25) is 9.48 Å². The molecule has 1 atom stereocenters. The number of hydrogen-bond donors (Lipinski definition) is 1. The summed E-state index contributed by atoms with van der Waals surface area (Å²) in [5.74, 6) is 0.00307. The number of rotatable bonds is 6. The van der Waals surface area contributed by atoms with Gasteiger partial charge in [0.2, 0.25) is 5.91 Å². The van der Waals surface area contributed by atoms with Gasteiger partial charge in [-0.05, 0) is 31.0 Å². The maximum atomic E-state index is 12.6. The molecule has 0 aliphatic heterocycles. The molecule has 0 fully saturated rings. The van der Waals surface area contributed by atoms with Crippen molar-refractivity contribution in [3.05, 3.63) is 53.6 Å². The number of nitrogens with one attached hydrogen (secondary N) is 1. The number of halogens is 1. The highest BCUT2D eigenvalue weighted by molar-refractivity contribution is 6.31. The van der Waals surface area contributed by atoms with E-state index in [0.717, 1.165) is 28.6 Å². The first kappa shape index (κ1) is 17.5. The second kappa shape index (κ2) is 7.70. The summed E-state index contributed by atoms with van der Waals surface area (Å²) in [4.78, 5) is 12.6. The molecule has 0 aliphatic rings. The van der Waals surface area contributed by atoms with Crippen LogP contribution in [0.1, 0.15) is 32.7 Å². The maximum absolute atomic E-state index is 12.6. The van der Waals surface area contributed by atoms with Crippen LogP contribution in [-0.2, 0) is 4.79 Å². The standard InChI is InChI=1S/C20H22ClN3O/c1-3-12-22-20(25)17(4-2)24-18-11-10-15(21)13-16(18)19(23-24)14-8-6-5-7-9-14/h5-11,13,17H,3-4,12H2,1-2H3,(H,22,25). The van der Waals surface area contributed by atoms with E-state index in [1.165, 1.54) is 0 Å². The van der Waals surface area contributed by atoms with E-state index < -0.39 is 0 Å². The van der Waals surface area contributed by atoms with Crippen LogP contribution in [0.2, 0.25) is 5.02 Å². The van der Waals surface area contributed by atoms with Gasteiger partial charge >= 0.3 is 0 Å².